The van der Waals surface area contributed by atoms with Crippen LogP contribution in [-0.4, -0.2) is 5.11 Å². The molecule has 0 amide bonds. The van der Waals surface area contributed by atoms with Gasteiger partial charge in [0.1, 0.15) is 6.11 Å². The number of aliphatic hydroxyl groups excluding tert-OH is 1. The largest absolute Gasteiger partial charge is 0.462 e. The summed E-state index contributed by atoms with van der Waals surface area (Å²) in [5.74, 6) is 2.69. The van der Waals surface area contributed by atoms with Crippen LogP contribution in [0.25, 0.3) is 0 Å². The zero-order chi connectivity index (χ0) is 13.3. The summed E-state index contributed by atoms with van der Waals surface area (Å²) in [5, 5.41) is 8.30. The fourth-order valence-electron chi connectivity index (χ4n) is 2.29. The van der Waals surface area contributed by atoms with Gasteiger partial charge in [-0.25, -0.2) is 0 Å². The van der Waals surface area contributed by atoms with E-state index in [1.165, 1.54) is 77.0 Å². The molecule has 0 fully saturated rings. The summed E-state index contributed by atoms with van der Waals surface area (Å²) in [6.07, 6.45) is 20.7. The molecule has 0 spiro atoms. The predicted octanol–water partition coefficient (Wildman–Crippen LogP) is 5.80. The van der Waals surface area contributed by atoms with Crippen LogP contribution in [0, 0.1) is 12.0 Å². The van der Waals surface area contributed by atoms with Crippen molar-refractivity contribution in [3.8, 4) is 12.0 Å². The van der Waals surface area contributed by atoms with Gasteiger partial charge in [0.15, 0.2) is 0 Å². The molecule has 1 heteroatoms. The topological polar surface area (TPSA) is 20.2 Å². The van der Waals surface area contributed by atoms with E-state index in [2.05, 4.69) is 12.8 Å². The first kappa shape index (κ1) is 17.4. The van der Waals surface area contributed by atoms with Crippen LogP contribution in [0.15, 0.2) is 0 Å². The Balaban J connectivity index is 2.92. The number of hydrogen-bond acceptors (Lipinski definition) is 1. The van der Waals surface area contributed by atoms with Crippen LogP contribution in [0.3, 0.4) is 0 Å². The molecule has 0 aromatic heterocycles. The minimum atomic E-state index is 0.855. The summed E-state index contributed by atoms with van der Waals surface area (Å²) >= 11 is 0. The number of rotatable bonds is 13. The molecule has 0 heterocycles. The number of unbranched alkanes of at least 4 members (excludes halogenated alkanes) is 13. The Labute approximate surface area is 114 Å². The molecule has 0 saturated carbocycles. The lowest BCUT2D eigenvalue weighted by Gasteiger charge is -2.02. The fraction of sp³-hybridized carbons (Fsp3) is 0.882. The van der Waals surface area contributed by atoms with Gasteiger partial charge in [-0.15, -0.1) is 0 Å². The van der Waals surface area contributed by atoms with Crippen LogP contribution in [0.1, 0.15) is 96.8 Å². The van der Waals surface area contributed by atoms with E-state index < -0.39 is 0 Å². The SMILES string of the molecule is CCCCCCCCCCCCCCCC#CO. The number of hydrogen-bond donors (Lipinski definition) is 1. The van der Waals surface area contributed by atoms with E-state index in [-0.39, 0.29) is 0 Å². The van der Waals surface area contributed by atoms with Gasteiger partial charge in [0.05, 0.1) is 0 Å². The Bertz CT molecular complexity index is 199. The molecule has 0 aromatic rings. The van der Waals surface area contributed by atoms with E-state index in [0.29, 0.717) is 0 Å². The van der Waals surface area contributed by atoms with Gasteiger partial charge in [0.2, 0.25) is 0 Å². The molecule has 0 rings (SSSR count). The highest BCUT2D eigenvalue weighted by molar-refractivity contribution is 4.88. The minimum absolute atomic E-state index is 0.855. The first-order valence-corrected chi connectivity index (χ1v) is 8.03. The van der Waals surface area contributed by atoms with Gasteiger partial charge in [0.25, 0.3) is 0 Å². The summed E-state index contributed by atoms with van der Waals surface area (Å²) in [7, 11) is 0. The van der Waals surface area contributed by atoms with E-state index in [4.69, 9.17) is 5.11 Å². The lowest BCUT2D eigenvalue weighted by molar-refractivity contribution is 0.515. The zero-order valence-electron chi connectivity index (χ0n) is 12.3. The van der Waals surface area contributed by atoms with Gasteiger partial charge < -0.3 is 5.11 Å². The first-order chi connectivity index (χ1) is 8.91. The van der Waals surface area contributed by atoms with Crippen molar-refractivity contribution < 1.29 is 5.11 Å². The summed E-state index contributed by atoms with van der Waals surface area (Å²) in [5.41, 5.74) is 0. The van der Waals surface area contributed by atoms with Gasteiger partial charge in [-0.2, -0.15) is 0 Å². The van der Waals surface area contributed by atoms with E-state index >= 15 is 0 Å². The van der Waals surface area contributed by atoms with Gasteiger partial charge in [-0.05, 0) is 6.42 Å². The lowest BCUT2D eigenvalue weighted by atomic mass is 10.0. The van der Waals surface area contributed by atoms with Crippen molar-refractivity contribution >= 4 is 0 Å². The molecule has 0 aliphatic carbocycles. The number of aliphatic hydroxyl groups is 1. The molecule has 1 N–H and O–H groups in total. The Morgan fingerprint density at radius 1 is 0.611 bits per heavy atom. The Kier molecular flexibility index (Phi) is 15.8. The molecular formula is C17H32O. The highest BCUT2D eigenvalue weighted by Gasteiger charge is 1.93. The average Bonchev–Trinajstić information content (AvgIpc) is 2.39. The van der Waals surface area contributed by atoms with E-state index in [1.54, 1.807) is 0 Å². The summed E-state index contributed by atoms with van der Waals surface area (Å²) in [6.45, 7) is 2.27. The van der Waals surface area contributed by atoms with Crippen molar-refractivity contribution in [2.45, 2.75) is 96.8 Å². The molecule has 0 atom stereocenters. The van der Waals surface area contributed by atoms with Crippen molar-refractivity contribution in [2.75, 3.05) is 0 Å². The molecule has 0 aliphatic rings. The van der Waals surface area contributed by atoms with Gasteiger partial charge in [-0.3, -0.25) is 0 Å². The lowest BCUT2D eigenvalue weighted by Crippen LogP contribution is -1.82. The predicted molar refractivity (Wildman–Crippen MR) is 80.0 cm³/mol. The van der Waals surface area contributed by atoms with Crippen LogP contribution >= 0.6 is 0 Å². The summed E-state index contributed by atoms with van der Waals surface area (Å²) in [6, 6.07) is 0. The van der Waals surface area contributed by atoms with Gasteiger partial charge in [0, 0.05) is 6.42 Å². The Hall–Kier alpha value is -0.640. The maximum atomic E-state index is 8.30. The second-order valence-electron chi connectivity index (χ2n) is 5.28. The van der Waals surface area contributed by atoms with Crippen molar-refractivity contribution in [3.63, 3.8) is 0 Å². The summed E-state index contributed by atoms with van der Waals surface area (Å²) in [4.78, 5) is 0. The van der Waals surface area contributed by atoms with Crippen molar-refractivity contribution in [3.05, 3.63) is 0 Å². The normalized spacial score (nSPS) is 10.1. The highest BCUT2D eigenvalue weighted by atomic mass is 16.2. The van der Waals surface area contributed by atoms with Gasteiger partial charge >= 0.3 is 0 Å². The smallest absolute Gasteiger partial charge is 0.107 e. The van der Waals surface area contributed by atoms with Crippen LogP contribution in [0.5, 0.6) is 0 Å². The monoisotopic (exact) mass is 252 g/mol. The maximum absolute atomic E-state index is 8.30. The second-order valence-corrected chi connectivity index (χ2v) is 5.28. The molecule has 0 unspecified atom stereocenters. The third kappa shape index (κ3) is 15.4. The average molecular weight is 252 g/mol. The molecule has 0 bridgehead atoms. The Morgan fingerprint density at radius 3 is 1.39 bits per heavy atom. The molecule has 18 heavy (non-hydrogen) atoms. The minimum Gasteiger partial charge on any atom is -0.462 e. The maximum Gasteiger partial charge on any atom is 0.107 e. The zero-order valence-corrected chi connectivity index (χ0v) is 12.3. The molecule has 1 nitrogen and oxygen atoms in total. The standard InChI is InChI=1S/C17H32O/c1-2-3-4-5-6-7-8-9-10-11-12-13-14-15-16-17-18/h18H,2-15H2,1H3. The van der Waals surface area contributed by atoms with Crippen LogP contribution in [0.2, 0.25) is 0 Å². The first-order valence-electron chi connectivity index (χ1n) is 8.03. The Morgan fingerprint density at radius 2 is 1.00 bits per heavy atom. The third-order valence-electron chi connectivity index (χ3n) is 3.48. The molecule has 0 saturated heterocycles. The van der Waals surface area contributed by atoms with Crippen LogP contribution < -0.4 is 0 Å². The van der Waals surface area contributed by atoms with Gasteiger partial charge in [-0.1, -0.05) is 89.9 Å². The fourth-order valence-corrected chi connectivity index (χ4v) is 2.29. The van der Waals surface area contributed by atoms with E-state index in [9.17, 15) is 0 Å². The van der Waals surface area contributed by atoms with Crippen LogP contribution in [0.4, 0.5) is 0 Å². The molecule has 0 aliphatic heterocycles. The molecular weight excluding hydrogens is 220 g/mol. The van der Waals surface area contributed by atoms with Crippen molar-refractivity contribution in [2.24, 2.45) is 0 Å². The third-order valence-corrected chi connectivity index (χ3v) is 3.48. The molecule has 0 aromatic carbocycles. The quantitative estimate of drug-likeness (QED) is 0.324. The molecule has 0 radical (unpaired) electrons. The van der Waals surface area contributed by atoms with Crippen LogP contribution in [-0.2, 0) is 0 Å². The van der Waals surface area contributed by atoms with Crippen molar-refractivity contribution in [1.82, 2.24) is 0 Å². The van der Waals surface area contributed by atoms with E-state index in [0.717, 1.165) is 12.8 Å². The van der Waals surface area contributed by atoms with E-state index in [1.807, 2.05) is 6.11 Å². The highest BCUT2D eigenvalue weighted by Crippen LogP contribution is 2.12. The summed E-state index contributed by atoms with van der Waals surface area (Å²) < 4.78 is 0. The second kappa shape index (κ2) is 16.4. The van der Waals surface area contributed by atoms with Crippen molar-refractivity contribution in [1.29, 1.82) is 0 Å². The molecule has 106 valence electrons.